The Hall–Kier alpha value is -2.37. The smallest absolute Gasteiger partial charge is 0.177 e. The summed E-state index contributed by atoms with van der Waals surface area (Å²) in [5.74, 6) is 1.51. The maximum Gasteiger partial charge on any atom is 0.177 e. The van der Waals surface area contributed by atoms with Crippen LogP contribution in [-0.2, 0) is 7.05 Å². The van der Waals surface area contributed by atoms with E-state index < -0.39 is 6.10 Å². The van der Waals surface area contributed by atoms with Crippen molar-refractivity contribution in [2.24, 2.45) is 7.05 Å². The van der Waals surface area contributed by atoms with Gasteiger partial charge in [0.05, 0.1) is 5.69 Å². The van der Waals surface area contributed by atoms with Crippen molar-refractivity contribution in [1.29, 1.82) is 0 Å². The van der Waals surface area contributed by atoms with Gasteiger partial charge in [0.25, 0.3) is 0 Å². The molecule has 0 radical (unpaired) electrons. The topological polar surface area (TPSA) is 50.2 Å². The van der Waals surface area contributed by atoms with Gasteiger partial charge in [-0.1, -0.05) is 30.3 Å². The molecule has 0 aliphatic rings. The third-order valence-corrected chi connectivity index (χ3v) is 3.88. The fourth-order valence-electron chi connectivity index (χ4n) is 2.22. The van der Waals surface area contributed by atoms with E-state index in [-0.39, 0.29) is 0 Å². The van der Waals surface area contributed by atoms with E-state index >= 15 is 0 Å². The highest BCUT2D eigenvalue weighted by Gasteiger charge is 2.14. The number of aliphatic hydroxyl groups excluding tert-OH is 1. The zero-order valence-corrected chi connectivity index (χ0v) is 12.9. The van der Waals surface area contributed by atoms with Crippen LogP contribution in [0.25, 0.3) is 0 Å². The molecule has 0 saturated carbocycles. The molecule has 2 N–H and O–H groups in total. The van der Waals surface area contributed by atoms with Gasteiger partial charge in [0.2, 0.25) is 0 Å². The number of hydrogen-bond acceptors (Lipinski definition) is 3. The molecule has 3 rings (SSSR count). The number of H-pyrrole nitrogens is 1. The highest BCUT2D eigenvalue weighted by atomic mass is 32.1. The average Bonchev–Trinajstić information content (AvgIpc) is 2.88. The summed E-state index contributed by atoms with van der Waals surface area (Å²) in [5.41, 5.74) is 1.51. The van der Waals surface area contributed by atoms with E-state index in [1.54, 1.807) is 10.8 Å². The summed E-state index contributed by atoms with van der Waals surface area (Å²) in [6.07, 6.45) is 0.991. The van der Waals surface area contributed by atoms with Crippen LogP contribution in [0.1, 0.15) is 17.4 Å². The van der Waals surface area contributed by atoms with Gasteiger partial charge in [0.15, 0.2) is 4.77 Å². The Bertz CT molecular complexity index is 807. The molecule has 4 nitrogen and oxygen atoms in total. The van der Waals surface area contributed by atoms with E-state index in [1.807, 2.05) is 61.6 Å². The standard InChI is InChI=1S/C17H16N2O2S/c1-19-15(11-18-17(19)22)16(20)12-7-9-14(10-8-12)21-13-5-3-2-4-6-13/h2-11,16,20H,1H3,(H,18,22). The van der Waals surface area contributed by atoms with Crippen LogP contribution in [0, 0.1) is 4.77 Å². The van der Waals surface area contributed by atoms with Crippen molar-refractivity contribution < 1.29 is 9.84 Å². The Morgan fingerprint density at radius 2 is 1.68 bits per heavy atom. The molecule has 0 saturated heterocycles. The van der Waals surface area contributed by atoms with Crippen LogP contribution < -0.4 is 4.74 Å². The minimum Gasteiger partial charge on any atom is -0.457 e. The lowest BCUT2D eigenvalue weighted by Gasteiger charge is -2.12. The highest BCUT2D eigenvalue weighted by molar-refractivity contribution is 7.71. The van der Waals surface area contributed by atoms with Gasteiger partial charge in [0, 0.05) is 13.2 Å². The van der Waals surface area contributed by atoms with Crippen LogP contribution in [-0.4, -0.2) is 14.7 Å². The van der Waals surface area contributed by atoms with E-state index in [0.29, 0.717) is 4.77 Å². The van der Waals surface area contributed by atoms with E-state index in [1.165, 1.54) is 0 Å². The molecule has 0 fully saturated rings. The number of nitrogens with zero attached hydrogens (tertiary/aromatic N) is 1. The van der Waals surface area contributed by atoms with Gasteiger partial charge in [-0.3, -0.25) is 0 Å². The molecule has 1 atom stereocenters. The zero-order chi connectivity index (χ0) is 15.5. The second-order valence-electron chi connectivity index (χ2n) is 4.96. The summed E-state index contributed by atoms with van der Waals surface area (Å²) in [6, 6.07) is 17.0. The van der Waals surface area contributed by atoms with Gasteiger partial charge in [0.1, 0.15) is 17.6 Å². The van der Waals surface area contributed by atoms with Gasteiger partial charge in [-0.05, 0) is 42.0 Å². The summed E-state index contributed by atoms with van der Waals surface area (Å²) >= 11 is 5.11. The molecule has 0 aliphatic heterocycles. The minimum atomic E-state index is -0.733. The second kappa shape index (κ2) is 6.17. The van der Waals surface area contributed by atoms with Crippen molar-refractivity contribution in [2.45, 2.75) is 6.10 Å². The van der Waals surface area contributed by atoms with Crippen LogP contribution in [0.3, 0.4) is 0 Å². The van der Waals surface area contributed by atoms with Gasteiger partial charge < -0.3 is 19.4 Å². The molecular formula is C17H16N2O2S. The molecule has 1 unspecified atom stereocenters. The number of rotatable bonds is 4. The van der Waals surface area contributed by atoms with E-state index in [4.69, 9.17) is 17.0 Å². The van der Waals surface area contributed by atoms with Gasteiger partial charge in [-0.25, -0.2) is 0 Å². The fourth-order valence-corrected chi connectivity index (χ4v) is 2.39. The largest absolute Gasteiger partial charge is 0.457 e. The SMILES string of the molecule is Cn1c(C(O)c2ccc(Oc3ccccc3)cc2)c[nH]c1=S. The molecule has 112 valence electrons. The van der Waals surface area contributed by atoms with Crippen LogP contribution in [0.4, 0.5) is 0 Å². The maximum atomic E-state index is 10.4. The first-order valence-electron chi connectivity index (χ1n) is 6.90. The number of ether oxygens (including phenoxy) is 1. The normalized spacial score (nSPS) is 12.1. The van der Waals surface area contributed by atoms with Crippen molar-refractivity contribution in [3.8, 4) is 11.5 Å². The van der Waals surface area contributed by atoms with E-state index in [0.717, 1.165) is 22.8 Å². The van der Waals surface area contributed by atoms with Crippen molar-refractivity contribution in [1.82, 2.24) is 9.55 Å². The van der Waals surface area contributed by atoms with Crippen LogP contribution in [0.5, 0.6) is 11.5 Å². The Kier molecular flexibility index (Phi) is 4.09. The molecule has 2 aromatic carbocycles. The molecule has 3 aromatic rings. The van der Waals surface area contributed by atoms with Gasteiger partial charge in [-0.2, -0.15) is 0 Å². The Morgan fingerprint density at radius 3 is 2.27 bits per heavy atom. The predicted molar refractivity (Wildman–Crippen MR) is 87.6 cm³/mol. The van der Waals surface area contributed by atoms with Crippen molar-refractivity contribution in [3.63, 3.8) is 0 Å². The van der Waals surface area contributed by atoms with Crippen LogP contribution >= 0.6 is 12.2 Å². The summed E-state index contributed by atoms with van der Waals surface area (Å²) in [6.45, 7) is 0. The first-order chi connectivity index (χ1) is 10.6. The van der Waals surface area contributed by atoms with Gasteiger partial charge in [-0.15, -0.1) is 0 Å². The molecule has 0 spiro atoms. The number of hydrogen-bond donors (Lipinski definition) is 2. The Morgan fingerprint density at radius 1 is 1.05 bits per heavy atom. The molecule has 0 amide bonds. The van der Waals surface area contributed by atoms with E-state index in [9.17, 15) is 5.11 Å². The number of aromatic nitrogens is 2. The molecule has 22 heavy (non-hydrogen) atoms. The van der Waals surface area contributed by atoms with E-state index in [2.05, 4.69) is 4.98 Å². The lowest BCUT2D eigenvalue weighted by atomic mass is 10.1. The molecule has 0 aliphatic carbocycles. The lowest BCUT2D eigenvalue weighted by molar-refractivity contribution is 0.211. The summed E-state index contributed by atoms with van der Waals surface area (Å²) in [4.78, 5) is 2.92. The zero-order valence-electron chi connectivity index (χ0n) is 12.1. The number of benzene rings is 2. The first kappa shape index (κ1) is 14.6. The molecule has 1 heterocycles. The molecule has 0 bridgehead atoms. The second-order valence-corrected chi connectivity index (χ2v) is 5.35. The van der Waals surface area contributed by atoms with Crippen LogP contribution in [0.2, 0.25) is 0 Å². The highest BCUT2D eigenvalue weighted by Crippen LogP contribution is 2.26. The Labute approximate surface area is 133 Å². The number of nitrogens with one attached hydrogen (secondary N) is 1. The molecular weight excluding hydrogens is 296 g/mol. The molecule has 1 aromatic heterocycles. The third kappa shape index (κ3) is 2.95. The monoisotopic (exact) mass is 312 g/mol. The van der Waals surface area contributed by atoms with Crippen molar-refractivity contribution in [2.75, 3.05) is 0 Å². The third-order valence-electron chi connectivity index (χ3n) is 3.49. The minimum absolute atomic E-state index is 0.582. The van der Waals surface area contributed by atoms with Crippen molar-refractivity contribution in [3.05, 3.63) is 76.8 Å². The summed E-state index contributed by atoms with van der Waals surface area (Å²) < 4.78 is 8.08. The van der Waals surface area contributed by atoms with Gasteiger partial charge >= 0.3 is 0 Å². The average molecular weight is 312 g/mol. The number of aromatic amines is 1. The Balaban J connectivity index is 1.79. The fraction of sp³-hybridized carbons (Fsp3) is 0.118. The summed E-state index contributed by atoms with van der Waals surface area (Å²) in [5, 5.41) is 10.4. The first-order valence-corrected chi connectivity index (χ1v) is 7.31. The number of aliphatic hydroxyl groups is 1. The molecule has 5 heteroatoms. The quantitative estimate of drug-likeness (QED) is 0.717. The number of imidazole rings is 1. The maximum absolute atomic E-state index is 10.4. The lowest BCUT2D eigenvalue weighted by Crippen LogP contribution is -2.05. The van der Waals surface area contributed by atoms with Crippen LogP contribution in [0.15, 0.2) is 60.8 Å². The predicted octanol–water partition coefficient (Wildman–Crippen LogP) is 3.96. The number of para-hydroxylation sites is 1. The summed E-state index contributed by atoms with van der Waals surface area (Å²) in [7, 11) is 1.82. The van der Waals surface area contributed by atoms with Crippen molar-refractivity contribution >= 4 is 12.2 Å².